The number of ether oxygens (including phenoxy) is 1. The zero-order valence-electron chi connectivity index (χ0n) is 16.9. The Labute approximate surface area is 185 Å². The van der Waals surface area contributed by atoms with Crippen molar-refractivity contribution in [3.8, 4) is 0 Å². The highest BCUT2D eigenvalue weighted by Crippen LogP contribution is 2.33. The molecule has 2 atom stereocenters. The first-order valence-electron chi connectivity index (χ1n) is 9.71. The van der Waals surface area contributed by atoms with Gasteiger partial charge in [0.05, 0.1) is 18.3 Å². The molecule has 0 saturated carbocycles. The molecule has 0 amide bonds. The zero-order valence-corrected chi connectivity index (χ0v) is 19.3. The summed E-state index contributed by atoms with van der Waals surface area (Å²) in [6.07, 6.45) is 2.40. The lowest BCUT2D eigenvalue weighted by Gasteiger charge is -2.32. The van der Waals surface area contributed by atoms with Crippen LogP contribution in [0.1, 0.15) is 41.5 Å². The van der Waals surface area contributed by atoms with Crippen LogP contribution in [0.4, 0.5) is 0 Å². The maximum atomic E-state index is 6.11. The number of aliphatic imine (C=N–C) groups is 1. The Kier molecular flexibility index (Phi) is 9.18. The average molecular weight is 494 g/mol. The van der Waals surface area contributed by atoms with Crippen molar-refractivity contribution < 1.29 is 4.74 Å². The normalized spacial score (nSPS) is 19.6. The Balaban J connectivity index is 0.00000280. The molecule has 2 unspecified atom stereocenters. The number of guanidine groups is 1. The van der Waals surface area contributed by atoms with Gasteiger partial charge in [0.15, 0.2) is 5.96 Å². The molecule has 0 aliphatic carbocycles. The van der Waals surface area contributed by atoms with Gasteiger partial charge in [-0.25, -0.2) is 0 Å². The lowest BCUT2D eigenvalue weighted by atomic mass is 9.89. The van der Waals surface area contributed by atoms with Gasteiger partial charge in [-0.15, -0.1) is 24.0 Å². The average Bonchev–Trinajstić information content (AvgIpc) is 2.69. The Morgan fingerprint density at radius 2 is 1.93 bits per heavy atom. The van der Waals surface area contributed by atoms with Gasteiger partial charge in [0, 0.05) is 31.8 Å². The van der Waals surface area contributed by atoms with Crippen LogP contribution in [0.2, 0.25) is 0 Å². The summed E-state index contributed by atoms with van der Waals surface area (Å²) in [5, 5.41) is 6.82. The highest BCUT2D eigenvalue weighted by Gasteiger charge is 2.27. The van der Waals surface area contributed by atoms with E-state index in [0.29, 0.717) is 12.5 Å². The second-order valence-corrected chi connectivity index (χ2v) is 7.18. The van der Waals surface area contributed by atoms with Crippen molar-refractivity contribution in [2.45, 2.75) is 39.3 Å². The molecule has 2 N–H and O–H groups in total. The van der Waals surface area contributed by atoms with Gasteiger partial charge in [-0.05, 0) is 44.4 Å². The number of hydrogen-bond acceptors (Lipinski definition) is 3. The van der Waals surface area contributed by atoms with E-state index < -0.39 is 0 Å². The SMILES string of the molecule is CN=C(NCc1cccc(C)n1)NCC1CCCOC1c1ccc(C)cc1.I. The number of pyridine rings is 1. The molecular formula is C22H31IN4O. The largest absolute Gasteiger partial charge is 0.373 e. The van der Waals surface area contributed by atoms with E-state index in [9.17, 15) is 0 Å². The van der Waals surface area contributed by atoms with Gasteiger partial charge in [-0.1, -0.05) is 35.9 Å². The third kappa shape index (κ3) is 6.44. The number of halogens is 1. The topological polar surface area (TPSA) is 58.5 Å². The summed E-state index contributed by atoms with van der Waals surface area (Å²) in [7, 11) is 1.80. The Bertz CT molecular complexity index is 763. The maximum absolute atomic E-state index is 6.11. The maximum Gasteiger partial charge on any atom is 0.191 e. The van der Waals surface area contributed by atoms with Crippen LogP contribution in [0.3, 0.4) is 0 Å². The molecule has 6 heteroatoms. The van der Waals surface area contributed by atoms with E-state index in [1.807, 2.05) is 25.1 Å². The Hall–Kier alpha value is -1.67. The molecule has 28 heavy (non-hydrogen) atoms. The Morgan fingerprint density at radius 1 is 1.14 bits per heavy atom. The molecule has 3 rings (SSSR count). The number of aryl methyl sites for hydroxylation is 2. The van der Waals surface area contributed by atoms with Crippen LogP contribution < -0.4 is 10.6 Å². The summed E-state index contributed by atoms with van der Waals surface area (Å²) < 4.78 is 6.11. The third-order valence-electron chi connectivity index (χ3n) is 4.99. The highest BCUT2D eigenvalue weighted by atomic mass is 127. The monoisotopic (exact) mass is 494 g/mol. The van der Waals surface area contributed by atoms with Gasteiger partial charge in [-0.3, -0.25) is 9.98 Å². The lowest BCUT2D eigenvalue weighted by molar-refractivity contribution is -0.0265. The smallest absolute Gasteiger partial charge is 0.191 e. The van der Waals surface area contributed by atoms with Crippen molar-refractivity contribution in [3.05, 3.63) is 65.0 Å². The lowest BCUT2D eigenvalue weighted by Crippen LogP contribution is -2.41. The van der Waals surface area contributed by atoms with Gasteiger partial charge in [0.25, 0.3) is 0 Å². The molecule has 2 heterocycles. The minimum atomic E-state index is 0. The van der Waals surface area contributed by atoms with Gasteiger partial charge in [-0.2, -0.15) is 0 Å². The second-order valence-electron chi connectivity index (χ2n) is 7.18. The molecule has 0 radical (unpaired) electrons. The summed E-state index contributed by atoms with van der Waals surface area (Å²) in [5.41, 5.74) is 4.58. The number of nitrogens with zero attached hydrogens (tertiary/aromatic N) is 2. The van der Waals surface area contributed by atoms with Gasteiger partial charge in [0.1, 0.15) is 0 Å². The van der Waals surface area contributed by atoms with Crippen LogP contribution >= 0.6 is 24.0 Å². The van der Waals surface area contributed by atoms with E-state index in [-0.39, 0.29) is 30.1 Å². The van der Waals surface area contributed by atoms with Crippen LogP contribution in [0.25, 0.3) is 0 Å². The molecular weight excluding hydrogens is 463 g/mol. The number of nitrogens with one attached hydrogen (secondary N) is 2. The van der Waals surface area contributed by atoms with E-state index >= 15 is 0 Å². The van der Waals surface area contributed by atoms with Crippen molar-refractivity contribution in [3.63, 3.8) is 0 Å². The van der Waals surface area contributed by atoms with Crippen molar-refractivity contribution in [1.82, 2.24) is 15.6 Å². The van der Waals surface area contributed by atoms with Crippen molar-refractivity contribution in [2.75, 3.05) is 20.2 Å². The van der Waals surface area contributed by atoms with Crippen molar-refractivity contribution in [2.24, 2.45) is 10.9 Å². The van der Waals surface area contributed by atoms with Crippen LogP contribution in [0.5, 0.6) is 0 Å². The van der Waals surface area contributed by atoms with Crippen LogP contribution in [-0.4, -0.2) is 31.1 Å². The van der Waals surface area contributed by atoms with E-state index in [1.54, 1.807) is 7.05 Å². The summed E-state index contributed by atoms with van der Waals surface area (Å²) in [6.45, 7) is 6.44. The fourth-order valence-corrected chi connectivity index (χ4v) is 3.50. The molecule has 0 bridgehead atoms. The molecule has 1 aromatic carbocycles. The van der Waals surface area contributed by atoms with Gasteiger partial charge in [0.2, 0.25) is 0 Å². The first-order valence-corrected chi connectivity index (χ1v) is 9.71. The minimum Gasteiger partial charge on any atom is -0.373 e. The fraction of sp³-hybridized carbons (Fsp3) is 0.455. The zero-order chi connectivity index (χ0) is 19.1. The molecule has 1 aliphatic heterocycles. The highest BCUT2D eigenvalue weighted by molar-refractivity contribution is 14.0. The predicted octanol–water partition coefficient (Wildman–Crippen LogP) is 4.15. The van der Waals surface area contributed by atoms with E-state index in [1.165, 1.54) is 11.1 Å². The predicted molar refractivity (Wildman–Crippen MR) is 125 cm³/mol. The summed E-state index contributed by atoms with van der Waals surface area (Å²) in [5.74, 6) is 1.23. The van der Waals surface area contributed by atoms with Crippen molar-refractivity contribution >= 4 is 29.9 Å². The molecule has 1 saturated heterocycles. The van der Waals surface area contributed by atoms with Crippen LogP contribution in [0, 0.1) is 19.8 Å². The van der Waals surface area contributed by atoms with Gasteiger partial charge < -0.3 is 15.4 Å². The number of rotatable bonds is 5. The molecule has 1 aliphatic rings. The summed E-state index contributed by atoms with van der Waals surface area (Å²) >= 11 is 0. The first kappa shape index (κ1) is 22.6. The minimum absolute atomic E-state index is 0. The number of benzene rings is 1. The van der Waals surface area contributed by atoms with E-state index in [4.69, 9.17) is 4.74 Å². The second kappa shape index (κ2) is 11.4. The van der Waals surface area contributed by atoms with Gasteiger partial charge >= 0.3 is 0 Å². The molecule has 1 fully saturated rings. The molecule has 152 valence electrons. The van der Waals surface area contributed by atoms with Crippen LogP contribution in [0.15, 0.2) is 47.5 Å². The third-order valence-corrected chi connectivity index (χ3v) is 4.99. The Morgan fingerprint density at radius 3 is 2.64 bits per heavy atom. The summed E-state index contributed by atoms with van der Waals surface area (Å²) in [4.78, 5) is 8.87. The van der Waals surface area contributed by atoms with E-state index in [2.05, 4.69) is 51.8 Å². The number of hydrogen-bond donors (Lipinski definition) is 2. The molecule has 1 aromatic heterocycles. The molecule has 2 aromatic rings. The number of aromatic nitrogens is 1. The summed E-state index contributed by atoms with van der Waals surface area (Å²) in [6, 6.07) is 14.8. The van der Waals surface area contributed by atoms with Crippen molar-refractivity contribution in [1.29, 1.82) is 0 Å². The van der Waals surface area contributed by atoms with Crippen LogP contribution in [-0.2, 0) is 11.3 Å². The first-order chi connectivity index (χ1) is 13.2. The fourth-order valence-electron chi connectivity index (χ4n) is 3.50. The quantitative estimate of drug-likeness (QED) is 0.373. The molecule has 0 spiro atoms. The molecule has 5 nitrogen and oxygen atoms in total. The standard InChI is InChI=1S/C22H30N4O.HI/c1-16-9-11-18(12-10-16)21-19(7-5-13-27-21)14-24-22(23-3)25-15-20-8-4-6-17(2)26-20;/h4,6,8-12,19,21H,5,7,13-15H2,1-3H3,(H2,23,24,25);1H. The van der Waals surface area contributed by atoms with E-state index in [0.717, 1.165) is 43.3 Å².